The standard InChI is InChI=1S/C23H20N4O6S/c1-32-17-9-8-16(20(13-17)33-2)12-19(25-22(28)15-6-4-3-5-7-15)23(29)26-24-14-18-10-11-21(34-18)27(30)31/h3-14H,1-2H3,(H,25,28)(H,26,29). The number of rotatable bonds is 9. The van der Waals surface area contributed by atoms with Gasteiger partial charge in [0.25, 0.3) is 11.8 Å². The topological polar surface area (TPSA) is 132 Å². The third kappa shape index (κ3) is 6.26. The van der Waals surface area contributed by atoms with Gasteiger partial charge < -0.3 is 14.8 Å². The van der Waals surface area contributed by atoms with Crippen LogP contribution in [0, 0.1) is 10.1 Å². The Labute approximate surface area is 198 Å². The number of ether oxygens (including phenoxy) is 2. The van der Waals surface area contributed by atoms with E-state index in [1.54, 1.807) is 48.5 Å². The third-order valence-electron chi connectivity index (χ3n) is 4.42. The van der Waals surface area contributed by atoms with E-state index in [1.165, 1.54) is 38.6 Å². The molecule has 0 atom stereocenters. The molecule has 11 heteroatoms. The van der Waals surface area contributed by atoms with Gasteiger partial charge in [0.1, 0.15) is 17.2 Å². The van der Waals surface area contributed by atoms with E-state index in [0.717, 1.165) is 11.3 Å². The number of hydrogen-bond donors (Lipinski definition) is 2. The van der Waals surface area contributed by atoms with Crippen molar-refractivity contribution in [2.45, 2.75) is 0 Å². The molecule has 2 aromatic carbocycles. The first-order chi connectivity index (χ1) is 16.4. The quantitative estimate of drug-likeness (QED) is 0.208. The van der Waals surface area contributed by atoms with E-state index < -0.39 is 16.7 Å². The zero-order chi connectivity index (χ0) is 24.5. The molecule has 0 saturated carbocycles. The number of hydrogen-bond acceptors (Lipinski definition) is 8. The van der Waals surface area contributed by atoms with Crippen LogP contribution in [0.5, 0.6) is 11.5 Å². The molecule has 0 aliphatic heterocycles. The van der Waals surface area contributed by atoms with Crippen LogP contribution in [0.4, 0.5) is 5.00 Å². The molecule has 0 saturated heterocycles. The number of nitrogens with zero attached hydrogens (tertiary/aromatic N) is 2. The maximum atomic E-state index is 12.9. The summed E-state index contributed by atoms with van der Waals surface area (Å²) in [5.41, 5.74) is 3.11. The molecule has 10 nitrogen and oxygen atoms in total. The molecular weight excluding hydrogens is 460 g/mol. The third-order valence-corrected chi connectivity index (χ3v) is 5.39. The van der Waals surface area contributed by atoms with Gasteiger partial charge in [0, 0.05) is 23.3 Å². The van der Waals surface area contributed by atoms with Gasteiger partial charge in [-0.05, 0) is 36.4 Å². The normalized spacial score (nSPS) is 11.2. The average molecular weight is 481 g/mol. The maximum Gasteiger partial charge on any atom is 0.324 e. The lowest BCUT2D eigenvalue weighted by atomic mass is 10.1. The molecule has 0 fully saturated rings. The molecule has 174 valence electrons. The first kappa shape index (κ1) is 24.1. The smallest absolute Gasteiger partial charge is 0.324 e. The zero-order valence-electron chi connectivity index (χ0n) is 18.2. The first-order valence-corrected chi connectivity index (χ1v) is 10.6. The number of carbonyl (C=O) groups excluding carboxylic acids is 2. The summed E-state index contributed by atoms with van der Waals surface area (Å²) in [4.78, 5) is 36.3. The highest BCUT2D eigenvalue weighted by Gasteiger charge is 2.16. The van der Waals surface area contributed by atoms with Crippen molar-refractivity contribution < 1.29 is 24.0 Å². The van der Waals surface area contributed by atoms with Crippen molar-refractivity contribution in [1.29, 1.82) is 0 Å². The summed E-state index contributed by atoms with van der Waals surface area (Å²) >= 11 is 0.908. The maximum absolute atomic E-state index is 12.9. The van der Waals surface area contributed by atoms with Crippen molar-refractivity contribution in [3.8, 4) is 11.5 Å². The van der Waals surface area contributed by atoms with Crippen molar-refractivity contribution in [1.82, 2.24) is 10.7 Å². The molecule has 0 radical (unpaired) electrons. The van der Waals surface area contributed by atoms with Crippen LogP contribution in [0.1, 0.15) is 20.8 Å². The summed E-state index contributed by atoms with van der Waals surface area (Å²) in [5, 5.41) is 17.2. The second-order valence-electron chi connectivity index (χ2n) is 6.62. The van der Waals surface area contributed by atoms with Gasteiger partial charge in [-0.25, -0.2) is 5.43 Å². The lowest BCUT2D eigenvalue weighted by Gasteiger charge is -2.11. The molecule has 0 aliphatic rings. The van der Waals surface area contributed by atoms with Crippen LogP contribution in [0.25, 0.3) is 6.08 Å². The van der Waals surface area contributed by atoms with Crippen LogP contribution < -0.4 is 20.2 Å². The number of methoxy groups -OCH3 is 2. The van der Waals surface area contributed by atoms with E-state index in [4.69, 9.17) is 9.47 Å². The highest BCUT2D eigenvalue weighted by molar-refractivity contribution is 7.16. The molecular formula is C23H20N4O6S. The van der Waals surface area contributed by atoms with Gasteiger partial charge in [-0.1, -0.05) is 29.5 Å². The summed E-state index contributed by atoms with van der Waals surface area (Å²) in [6.45, 7) is 0. The van der Waals surface area contributed by atoms with Crippen LogP contribution in [0.3, 0.4) is 0 Å². The fourth-order valence-corrected chi connectivity index (χ4v) is 3.45. The number of carbonyl (C=O) groups is 2. The van der Waals surface area contributed by atoms with E-state index in [0.29, 0.717) is 27.5 Å². The van der Waals surface area contributed by atoms with Crippen molar-refractivity contribution in [2.75, 3.05) is 14.2 Å². The molecule has 0 unspecified atom stereocenters. The summed E-state index contributed by atoms with van der Waals surface area (Å²) in [5.74, 6) is -0.215. The van der Waals surface area contributed by atoms with Gasteiger partial charge >= 0.3 is 5.00 Å². The minimum atomic E-state index is -0.704. The van der Waals surface area contributed by atoms with Crippen molar-refractivity contribution in [3.05, 3.63) is 92.5 Å². The summed E-state index contributed by atoms with van der Waals surface area (Å²) in [6.07, 6.45) is 2.72. The van der Waals surface area contributed by atoms with Crippen LogP contribution in [-0.4, -0.2) is 37.2 Å². The van der Waals surface area contributed by atoms with Crippen LogP contribution >= 0.6 is 11.3 Å². The number of nitrogens with one attached hydrogen (secondary N) is 2. The molecule has 0 bridgehead atoms. The van der Waals surface area contributed by atoms with Crippen LogP contribution in [0.15, 0.2) is 71.5 Å². The van der Waals surface area contributed by atoms with Crippen LogP contribution in [0.2, 0.25) is 0 Å². The Kier molecular flexibility index (Phi) is 8.08. The SMILES string of the molecule is COc1ccc(C=C(NC(=O)c2ccccc2)C(=O)NN=Cc2ccc([N+](=O)[O-])s2)c(OC)c1. The Hall–Kier alpha value is -4.51. The molecule has 0 spiro atoms. The molecule has 34 heavy (non-hydrogen) atoms. The summed E-state index contributed by atoms with van der Waals surface area (Å²) in [7, 11) is 2.99. The first-order valence-electron chi connectivity index (χ1n) is 9.79. The number of nitro groups is 1. The van der Waals surface area contributed by atoms with E-state index in [1.807, 2.05) is 0 Å². The average Bonchev–Trinajstić information content (AvgIpc) is 3.33. The lowest BCUT2D eigenvalue weighted by Crippen LogP contribution is -2.32. The Balaban J connectivity index is 1.86. The molecule has 3 rings (SSSR count). The monoisotopic (exact) mass is 480 g/mol. The second kappa shape index (κ2) is 11.4. The van der Waals surface area contributed by atoms with Crippen molar-refractivity contribution >= 4 is 40.4 Å². The fraction of sp³-hybridized carbons (Fsp3) is 0.0870. The molecule has 1 heterocycles. The number of benzene rings is 2. The molecule has 3 aromatic rings. The Bertz CT molecular complexity index is 1250. The van der Waals surface area contributed by atoms with E-state index in [-0.39, 0.29) is 10.7 Å². The van der Waals surface area contributed by atoms with Crippen molar-refractivity contribution in [3.63, 3.8) is 0 Å². The second-order valence-corrected chi connectivity index (χ2v) is 7.71. The largest absolute Gasteiger partial charge is 0.497 e. The minimum absolute atomic E-state index is 0.0462. The van der Waals surface area contributed by atoms with E-state index >= 15 is 0 Å². The van der Waals surface area contributed by atoms with E-state index in [9.17, 15) is 19.7 Å². The van der Waals surface area contributed by atoms with Crippen LogP contribution in [-0.2, 0) is 4.79 Å². The molecule has 2 amide bonds. The van der Waals surface area contributed by atoms with Crippen molar-refractivity contribution in [2.24, 2.45) is 5.10 Å². The van der Waals surface area contributed by atoms with Gasteiger partial charge in [0.2, 0.25) is 0 Å². The highest BCUT2D eigenvalue weighted by atomic mass is 32.1. The predicted octanol–water partition coefficient (Wildman–Crippen LogP) is 3.59. The van der Waals surface area contributed by atoms with Gasteiger partial charge in [0.05, 0.1) is 30.2 Å². The van der Waals surface area contributed by atoms with Gasteiger partial charge in [-0.3, -0.25) is 19.7 Å². The zero-order valence-corrected chi connectivity index (χ0v) is 19.0. The Morgan fingerprint density at radius 2 is 1.82 bits per heavy atom. The highest BCUT2D eigenvalue weighted by Crippen LogP contribution is 2.26. The molecule has 0 aliphatic carbocycles. The summed E-state index contributed by atoms with van der Waals surface area (Å²) < 4.78 is 10.6. The number of amides is 2. The van der Waals surface area contributed by atoms with Gasteiger partial charge in [-0.15, -0.1) is 0 Å². The van der Waals surface area contributed by atoms with E-state index in [2.05, 4.69) is 15.8 Å². The minimum Gasteiger partial charge on any atom is -0.497 e. The number of hydrazone groups is 1. The fourth-order valence-electron chi connectivity index (χ4n) is 2.76. The Morgan fingerprint density at radius 1 is 1.06 bits per heavy atom. The molecule has 1 aromatic heterocycles. The van der Waals surface area contributed by atoms with Gasteiger partial charge in [0.15, 0.2) is 0 Å². The molecule has 2 N–H and O–H groups in total. The number of thiophene rings is 1. The Morgan fingerprint density at radius 3 is 2.47 bits per heavy atom. The summed E-state index contributed by atoms with van der Waals surface area (Å²) in [6, 6.07) is 16.3. The predicted molar refractivity (Wildman–Crippen MR) is 128 cm³/mol. The van der Waals surface area contributed by atoms with Gasteiger partial charge in [-0.2, -0.15) is 5.10 Å². The lowest BCUT2D eigenvalue weighted by molar-refractivity contribution is -0.380.